The predicted molar refractivity (Wildman–Crippen MR) is 69.5 cm³/mol. The van der Waals surface area contributed by atoms with Crippen molar-refractivity contribution in [3.8, 4) is 0 Å². The van der Waals surface area contributed by atoms with Crippen molar-refractivity contribution < 1.29 is 0 Å². The highest BCUT2D eigenvalue weighted by Gasteiger charge is 2.08. The van der Waals surface area contributed by atoms with Gasteiger partial charge in [-0.3, -0.25) is 0 Å². The molecule has 0 spiro atoms. The Morgan fingerprint density at radius 3 is 2.76 bits per heavy atom. The molecular weight excluding hydrogens is 259 g/mol. The summed E-state index contributed by atoms with van der Waals surface area (Å²) in [7, 11) is 1.86. The second-order valence-electron chi connectivity index (χ2n) is 3.71. The van der Waals surface area contributed by atoms with Crippen LogP contribution in [0.25, 0.3) is 0 Å². The van der Waals surface area contributed by atoms with Crippen LogP contribution in [0.1, 0.15) is 11.4 Å². The first-order chi connectivity index (χ1) is 8.08. The van der Waals surface area contributed by atoms with Crippen LogP contribution in [-0.2, 0) is 13.6 Å². The minimum atomic E-state index is 0.536. The van der Waals surface area contributed by atoms with Gasteiger partial charge in [0.05, 0.1) is 11.6 Å². The molecule has 0 atom stereocenters. The fraction of sp³-hybridized carbons (Fsp3) is 0.273. The van der Waals surface area contributed by atoms with E-state index in [0.29, 0.717) is 22.7 Å². The average molecular weight is 271 g/mol. The molecule has 6 heteroatoms. The normalized spacial score (nSPS) is 10.6. The first-order valence-corrected chi connectivity index (χ1v) is 5.86. The van der Waals surface area contributed by atoms with Crippen LogP contribution in [0.15, 0.2) is 18.3 Å². The van der Waals surface area contributed by atoms with Gasteiger partial charge in [-0.15, -0.1) is 0 Å². The molecule has 0 amide bonds. The molecule has 0 unspecified atom stereocenters. The van der Waals surface area contributed by atoms with E-state index in [1.807, 2.05) is 30.7 Å². The third-order valence-corrected chi connectivity index (χ3v) is 3.28. The number of hydrogen-bond acceptors (Lipinski definition) is 3. The lowest BCUT2D eigenvalue weighted by Crippen LogP contribution is -2.07. The summed E-state index contributed by atoms with van der Waals surface area (Å²) in [6, 6.07) is 3.67. The minimum absolute atomic E-state index is 0.536. The number of halogens is 2. The van der Waals surface area contributed by atoms with Crippen LogP contribution in [0.2, 0.25) is 10.2 Å². The Hall–Kier alpha value is -1.26. The summed E-state index contributed by atoms with van der Waals surface area (Å²) in [5.41, 5.74) is 1.90. The third kappa shape index (κ3) is 2.70. The van der Waals surface area contributed by atoms with Crippen molar-refractivity contribution in [3.05, 3.63) is 39.9 Å². The standard InChI is InChI=1S/C11H12Cl2N4/c1-7-3-4-14-11(16-7)15-6-8-5-9(12)10(13)17(8)2/h3-5H,6H2,1-2H3,(H,14,15,16). The lowest BCUT2D eigenvalue weighted by atomic mass is 10.4. The molecule has 0 saturated carbocycles. The van der Waals surface area contributed by atoms with E-state index in [2.05, 4.69) is 15.3 Å². The molecule has 0 aliphatic rings. The van der Waals surface area contributed by atoms with Gasteiger partial charge in [-0.25, -0.2) is 9.97 Å². The number of hydrogen-bond donors (Lipinski definition) is 1. The highest BCUT2D eigenvalue weighted by molar-refractivity contribution is 6.41. The first-order valence-electron chi connectivity index (χ1n) is 5.11. The minimum Gasteiger partial charge on any atom is -0.349 e. The number of nitrogens with zero attached hydrogens (tertiary/aromatic N) is 3. The van der Waals surface area contributed by atoms with E-state index < -0.39 is 0 Å². The fourth-order valence-electron chi connectivity index (χ4n) is 1.46. The summed E-state index contributed by atoms with van der Waals surface area (Å²) < 4.78 is 1.83. The third-order valence-electron chi connectivity index (χ3n) is 2.44. The van der Waals surface area contributed by atoms with Crippen molar-refractivity contribution in [2.75, 3.05) is 5.32 Å². The number of nitrogens with one attached hydrogen (secondary N) is 1. The quantitative estimate of drug-likeness (QED) is 0.933. The van der Waals surface area contributed by atoms with Crippen LogP contribution in [0.4, 0.5) is 5.95 Å². The van der Waals surface area contributed by atoms with E-state index in [1.54, 1.807) is 6.20 Å². The first kappa shape index (κ1) is 12.2. The van der Waals surface area contributed by atoms with Crippen molar-refractivity contribution in [1.82, 2.24) is 14.5 Å². The zero-order valence-electron chi connectivity index (χ0n) is 9.54. The van der Waals surface area contributed by atoms with Crippen molar-refractivity contribution >= 4 is 29.2 Å². The lowest BCUT2D eigenvalue weighted by Gasteiger charge is -2.06. The average Bonchev–Trinajstić information content (AvgIpc) is 2.54. The number of rotatable bonds is 3. The summed E-state index contributed by atoms with van der Waals surface area (Å²) in [5, 5.41) is 4.21. The topological polar surface area (TPSA) is 42.7 Å². The molecule has 2 rings (SSSR count). The lowest BCUT2D eigenvalue weighted by molar-refractivity contribution is 0.837. The van der Waals surface area contributed by atoms with Gasteiger partial charge in [-0.2, -0.15) is 0 Å². The molecule has 0 aliphatic heterocycles. The van der Waals surface area contributed by atoms with Gasteiger partial charge in [-0.05, 0) is 19.1 Å². The van der Waals surface area contributed by atoms with Crippen LogP contribution in [-0.4, -0.2) is 14.5 Å². The maximum Gasteiger partial charge on any atom is 0.223 e. The Morgan fingerprint density at radius 1 is 1.41 bits per heavy atom. The largest absolute Gasteiger partial charge is 0.349 e. The Labute approximate surface area is 110 Å². The van der Waals surface area contributed by atoms with Crippen LogP contribution in [0, 0.1) is 6.92 Å². The van der Waals surface area contributed by atoms with Gasteiger partial charge in [-0.1, -0.05) is 23.2 Å². The molecule has 0 saturated heterocycles. The molecule has 17 heavy (non-hydrogen) atoms. The Morgan fingerprint density at radius 2 is 2.18 bits per heavy atom. The maximum absolute atomic E-state index is 5.98. The zero-order chi connectivity index (χ0) is 12.4. The van der Waals surface area contributed by atoms with Gasteiger partial charge in [0.2, 0.25) is 5.95 Å². The Bertz CT molecular complexity index is 536. The maximum atomic E-state index is 5.98. The zero-order valence-corrected chi connectivity index (χ0v) is 11.0. The van der Waals surface area contributed by atoms with Crippen molar-refractivity contribution in [2.45, 2.75) is 13.5 Å². The van der Waals surface area contributed by atoms with E-state index in [1.165, 1.54) is 0 Å². The molecule has 90 valence electrons. The molecule has 0 fully saturated rings. The molecule has 4 nitrogen and oxygen atoms in total. The summed E-state index contributed by atoms with van der Waals surface area (Å²) in [6.07, 6.45) is 1.72. The smallest absolute Gasteiger partial charge is 0.223 e. The second-order valence-corrected chi connectivity index (χ2v) is 4.47. The van der Waals surface area contributed by atoms with Crippen LogP contribution in [0.3, 0.4) is 0 Å². The van der Waals surface area contributed by atoms with Gasteiger partial charge in [0, 0.05) is 24.6 Å². The van der Waals surface area contributed by atoms with E-state index in [4.69, 9.17) is 23.2 Å². The van der Waals surface area contributed by atoms with Gasteiger partial charge < -0.3 is 9.88 Å². The molecular formula is C11H12Cl2N4. The summed E-state index contributed by atoms with van der Waals surface area (Å²) in [5.74, 6) is 0.596. The number of aryl methyl sites for hydroxylation is 1. The van der Waals surface area contributed by atoms with Gasteiger partial charge in [0.1, 0.15) is 5.15 Å². The van der Waals surface area contributed by atoms with Crippen LogP contribution in [0.5, 0.6) is 0 Å². The van der Waals surface area contributed by atoms with Crippen molar-refractivity contribution in [3.63, 3.8) is 0 Å². The molecule has 1 N–H and O–H groups in total. The predicted octanol–water partition coefficient (Wildman–Crippen LogP) is 3.04. The van der Waals surface area contributed by atoms with E-state index in [0.717, 1.165) is 11.4 Å². The van der Waals surface area contributed by atoms with Gasteiger partial charge >= 0.3 is 0 Å². The molecule has 0 bridgehead atoms. The molecule has 2 heterocycles. The summed E-state index contributed by atoms with van der Waals surface area (Å²) in [6.45, 7) is 2.50. The second kappa shape index (κ2) is 4.94. The van der Waals surface area contributed by atoms with Gasteiger partial charge in [0.15, 0.2) is 0 Å². The molecule has 0 aromatic carbocycles. The molecule has 0 aliphatic carbocycles. The van der Waals surface area contributed by atoms with E-state index in [-0.39, 0.29) is 0 Å². The summed E-state index contributed by atoms with van der Waals surface area (Å²) >= 11 is 11.9. The van der Waals surface area contributed by atoms with Crippen molar-refractivity contribution in [2.24, 2.45) is 7.05 Å². The van der Waals surface area contributed by atoms with Crippen LogP contribution < -0.4 is 5.32 Å². The fourth-order valence-corrected chi connectivity index (χ4v) is 1.88. The highest BCUT2D eigenvalue weighted by atomic mass is 35.5. The number of aromatic nitrogens is 3. The van der Waals surface area contributed by atoms with Gasteiger partial charge in [0.25, 0.3) is 0 Å². The Balaban J connectivity index is 2.10. The molecule has 0 radical (unpaired) electrons. The molecule has 2 aromatic heterocycles. The number of anilines is 1. The SMILES string of the molecule is Cc1ccnc(NCc2cc(Cl)c(Cl)n2C)n1. The van der Waals surface area contributed by atoms with E-state index in [9.17, 15) is 0 Å². The summed E-state index contributed by atoms with van der Waals surface area (Å²) in [4.78, 5) is 8.37. The monoisotopic (exact) mass is 270 g/mol. The molecule has 2 aromatic rings. The van der Waals surface area contributed by atoms with E-state index >= 15 is 0 Å². The van der Waals surface area contributed by atoms with Crippen LogP contribution >= 0.6 is 23.2 Å². The Kier molecular flexibility index (Phi) is 3.54. The highest BCUT2D eigenvalue weighted by Crippen LogP contribution is 2.25. The van der Waals surface area contributed by atoms with Crippen molar-refractivity contribution in [1.29, 1.82) is 0 Å².